The summed E-state index contributed by atoms with van der Waals surface area (Å²) in [7, 11) is 3.59. The number of likely N-dealkylation sites (N-methyl/N-ethyl adjacent to an activating group) is 1. The Morgan fingerprint density at radius 3 is 2.83 bits per heavy atom. The molecule has 0 N–H and O–H groups in total. The molecular formula is C37H41N4O6+. The average molecular weight is 638 g/mol. The predicted octanol–water partition coefficient (Wildman–Crippen LogP) is 3.61. The normalized spacial score (nSPS) is 30.9. The van der Waals surface area contributed by atoms with E-state index in [1.54, 1.807) is 7.11 Å². The number of hydrogen-bond acceptors (Lipinski definition) is 7. The Hall–Kier alpha value is -3.67. The van der Waals surface area contributed by atoms with E-state index in [0.717, 1.165) is 68.0 Å². The van der Waals surface area contributed by atoms with E-state index < -0.39 is 17.4 Å². The van der Waals surface area contributed by atoms with Gasteiger partial charge in [0.2, 0.25) is 0 Å². The van der Waals surface area contributed by atoms with E-state index in [4.69, 9.17) is 18.9 Å². The van der Waals surface area contributed by atoms with E-state index >= 15 is 4.79 Å². The van der Waals surface area contributed by atoms with Crippen molar-refractivity contribution in [3.05, 3.63) is 57.3 Å². The first-order chi connectivity index (χ1) is 22.6. The van der Waals surface area contributed by atoms with Crippen molar-refractivity contribution in [1.29, 1.82) is 0 Å². The molecule has 0 saturated carbocycles. The number of nitrogens with zero attached hydrogens (tertiary/aromatic N) is 4. The summed E-state index contributed by atoms with van der Waals surface area (Å²) in [5.41, 5.74) is 4.64. The summed E-state index contributed by atoms with van der Waals surface area (Å²) in [6, 6.07) is 0. The highest BCUT2D eigenvalue weighted by Gasteiger charge is 2.67. The standard InChI is InChI=1S/C37H41N4O6/c1-36(2,46-21-12-16-45-17-13-21)34(43)39(4)41-27-18-22-10-11-23(27)29-24-19-38-20-25(24)30-31-26(8-6-9-28(31)42)40(32(30)33(29)41)15-7-14-37(3,47-22)35(41)44-5/h7-8,10-11,14,19-22,35H,6,9,12-13,15-18H2,1-5H3/q+1/b14-7-/t22-,35-,37+,41-/m0/s1. The van der Waals surface area contributed by atoms with Crippen molar-refractivity contribution in [1.82, 2.24) is 14.2 Å². The number of Topliss-reactive ketones (excluding diaryl/α,β-unsaturated/α-hetero) is 1. The molecule has 47 heavy (non-hydrogen) atoms. The molecule has 1 aromatic carbocycles. The van der Waals surface area contributed by atoms with Gasteiger partial charge in [0, 0.05) is 72.8 Å². The first-order valence-corrected chi connectivity index (χ1v) is 16.8. The smallest absolute Gasteiger partial charge is 0.299 e. The number of benzene rings is 1. The second kappa shape index (κ2) is 9.93. The maximum Gasteiger partial charge on any atom is 0.299 e. The number of methoxy groups -OCH3 is 1. The first kappa shape index (κ1) is 29.5. The van der Waals surface area contributed by atoms with Gasteiger partial charge in [-0.05, 0) is 52.2 Å². The Kier molecular flexibility index (Phi) is 6.23. The molecule has 2 fully saturated rings. The Labute approximate surface area is 273 Å². The number of quaternary nitrogens is 1. The highest BCUT2D eigenvalue weighted by atomic mass is 16.6. The minimum atomic E-state index is -1.15. The van der Waals surface area contributed by atoms with Crippen LogP contribution in [-0.4, -0.2) is 84.5 Å². The second-order valence-corrected chi connectivity index (χ2v) is 14.4. The monoisotopic (exact) mass is 637 g/mol. The van der Waals surface area contributed by atoms with Gasteiger partial charge in [-0.1, -0.05) is 18.2 Å². The molecule has 6 heterocycles. The van der Waals surface area contributed by atoms with Crippen molar-refractivity contribution in [3.8, 4) is 0 Å². The quantitative estimate of drug-likeness (QED) is 0.368. The number of rotatable bonds is 5. The molecule has 7 aliphatic rings. The number of aromatic nitrogens is 1. The number of ether oxygens (including phenoxy) is 4. The zero-order valence-corrected chi connectivity index (χ0v) is 27.7. The molecular weight excluding hydrogens is 596 g/mol. The third-order valence-electron chi connectivity index (χ3n) is 11.3. The zero-order valence-electron chi connectivity index (χ0n) is 27.7. The summed E-state index contributed by atoms with van der Waals surface area (Å²) >= 11 is 0. The lowest BCUT2D eigenvalue weighted by Crippen LogP contribution is -2.73. The maximum absolute atomic E-state index is 15.2. The van der Waals surface area contributed by atoms with Crippen LogP contribution < -0.4 is 15.2 Å². The van der Waals surface area contributed by atoms with Gasteiger partial charge >= 0.3 is 0 Å². The van der Waals surface area contributed by atoms with Gasteiger partial charge in [-0.2, -0.15) is 5.01 Å². The van der Waals surface area contributed by atoms with Crippen LogP contribution in [0.25, 0.3) is 28.8 Å². The molecule has 2 aliphatic carbocycles. The lowest BCUT2D eigenvalue weighted by Gasteiger charge is -2.50. The van der Waals surface area contributed by atoms with Crippen LogP contribution in [0, 0.1) is 0 Å². The van der Waals surface area contributed by atoms with Crippen LogP contribution >= 0.6 is 0 Å². The predicted molar refractivity (Wildman–Crippen MR) is 179 cm³/mol. The lowest BCUT2D eigenvalue weighted by atomic mass is 9.90. The molecule has 1 aromatic heterocycles. The Bertz CT molecular complexity index is 2050. The SMILES string of the molecule is CO[C@H]1[C@@]2(C)/C=C\Cn3c4c(c5c6c(c7c(c53)[N@@+]1(N(C)C(=O)C(C)(C)OC1CCOCC1)C1=C7C=C[C@@H](C1)O2)C=NC=6)C(=O)CCC=4. The van der Waals surface area contributed by atoms with Crippen LogP contribution in [-0.2, 0) is 30.3 Å². The fraction of sp³-hybridized carbons (Fsp3) is 0.486. The van der Waals surface area contributed by atoms with Crippen LogP contribution in [0.2, 0.25) is 0 Å². The lowest BCUT2D eigenvalue weighted by molar-refractivity contribution is -0.209. The van der Waals surface area contributed by atoms with Gasteiger partial charge in [0.1, 0.15) is 11.1 Å². The summed E-state index contributed by atoms with van der Waals surface area (Å²) in [6.07, 6.45) is 16.8. The number of aliphatic imine (C=N–C) groups is 1. The van der Waals surface area contributed by atoms with Crippen molar-refractivity contribution < 1.29 is 28.5 Å². The van der Waals surface area contributed by atoms with Crippen LogP contribution in [0.5, 0.6) is 0 Å². The Morgan fingerprint density at radius 1 is 1.23 bits per heavy atom. The summed E-state index contributed by atoms with van der Waals surface area (Å²) in [6.45, 7) is 7.59. The van der Waals surface area contributed by atoms with Gasteiger partial charge in [0.25, 0.3) is 12.1 Å². The van der Waals surface area contributed by atoms with Crippen molar-refractivity contribution in [2.24, 2.45) is 4.99 Å². The van der Waals surface area contributed by atoms with Crippen LogP contribution in [0.1, 0.15) is 74.4 Å². The summed E-state index contributed by atoms with van der Waals surface area (Å²) in [5.74, 6) is -0.0246. The number of carbonyl (C=O) groups is 2. The van der Waals surface area contributed by atoms with E-state index in [9.17, 15) is 4.79 Å². The Balaban J connectivity index is 1.41. The van der Waals surface area contributed by atoms with E-state index in [2.05, 4.69) is 46.9 Å². The topological polar surface area (TPSA) is 91.6 Å². The minimum Gasteiger partial charge on any atom is -0.381 e. The molecule has 4 bridgehead atoms. The largest absolute Gasteiger partial charge is 0.381 e. The molecule has 0 unspecified atom stereocenters. The van der Waals surface area contributed by atoms with Gasteiger partial charge in [0.05, 0.1) is 36.8 Å². The summed E-state index contributed by atoms with van der Waals surface area (Å²) in [4.78, 5) is 33.7. The Morgan fingerprint density at radius 2 is 2.04 bits per heavy atom. The number of hydrogen-bond donors (Lipinski definition) is 0. The van der Waals surface area contributed by atoms with Gasteiger partial charge in [0.15, 0.2) is 22.8 Å². The highest BCUT2D eigenvalue weighted by Crippen LogP contribution is 2.59. The molecule has 10 nitrogen and oxygen atoms in total. The molecule has 4 atom stereocenters. The van der Waals surface area contributed by atoms with Crippen LogP contribution in [0.15, 0.2) is 35.0 Å². The van der Waals surface area contributed by atoms with Crippen molar-refractivity contribution in [3.63, 3.8) is 0 Å². The molecule has 1 amide bonds. The van der Waals surface area contributed by atoms with E-state index in [1.807, 2.05) is 38.3 Å². The fourth-order valence-corrected chi connectivity index (χ4v) is 9.50. The minimum absolute atomic E-state index is 0.0169. The molecule has 9 rings (SSSR count). The van der Waals surface area contributed by atoms with Gasteiger partial charge in [-0.3, -0.25) is 14.6 Å². The number of ketones is 1. The molecule has 10 heteroatoms. The van der Waals surface area contributed by atoms with Crippen molar-refractivity contribution in [2.45, 2.75) is 89.1 Å². The zero-order chi connectivity index (χ0) is 32.5. The molecule has 5 aliphatic heterocycles. The van der Waals surface area contributed by atoms with E-state index in [1.165, 1.54) is 0 Å². The number of allylic oxidation sites excluding steroid dienone is 3. The number of carbonyl (C=O) groups excluding carboxylic acids is 2. The summed E-state index contributed by atoms with van der Waals surface area (Å²) in [5, 5.41) is 4.65. The maximum atomic E-state index is 15.2. The number of amides is 1. The van der Waals surface area contributed by atoms with Crippen LogP contribution in [0.4, 0.5) is 5.69 Å². The summed E-state index contributed by atoms with van der Waals surface area (Å²) < 4.78 is 28.1. The molecule has 0 radical (unpaired) electrons. The molecule has 2 aromatic rings. The fourth-order valence-electron chi connectivity index (χ4n) is 9.50. The van der Waals surface area contributed by atoms with Gasteiger partial charge in [-0.15, -0.1) is 4.59 Å². The van der Waals surface area contributed by atoms with Gasteiger partial charge < -0.3 is 23.5 Å². The average Bonchev–Trinajstić information content (AvgIpc) is 3.72. The third-order valence-corrected chi connectivity index (χ3v) is 11.3. The van der Waals surface area contributed by atoms with Crippen molar-refractivity contribution >= 4 is 52.3 Å². The third kappa shape index (κ3) is 3.70. The number of fused-ring (bicyclic) bond motifs is 9. The van der Waals surface area contributed by atoms with E-state index in [-0.39, 0.29) is 28.5 Å². The molecule has 244 valence electrons. The molecule has 2 saturated heterocycles. The highest BCUT2D eigenvalue weighted by molar-refractivity contribution is 6.18. The van der Waals surface area contributed by atoms with Crippen molar-refractivity contribution in [2.75, 3.05) is 27.4 Å². The first-order valence-electron chi connectivity index (χ1n) is 16.8. The van der Waals surface area contributed by atoms with Gasteiger partial charge in [-0.25, -0.2) is 0 Å². The van der Waals surface area contributed by atoms with Crippen LogP contribution in [0.3, 0.4) is 0 Å². The molecule has 0 spiro atoms. The van der Waals surface area contributed by atoms with E-state index in [0.29, 0.717) is 39.0 Å². The second-order valence-electron chi connectivity index (χ2n) is 14.4.